The van der Waals surface area contributed by atoms with Gasteiger partial charge in [-0.1, -0.05) is 45.2 Å². The molecule has 3 nitrogen and oxygen atoms in total. The summed E-state index contributed by atoms with van der Waals surface area (Å²) in [6.07, 6.45) is 5.16. The molecule has 0 aliphatic heterocycles. The molecule has 3 heteroatoms. The second-order valence-electron chi connectivity index (χ2n) is 4.84. The second-order valence-corrected chi connectivity index (χ2v) is 4.84. The van der Waals surface area contributed by atoms with Crippen LogP contribution in [-0.2, 0) is 11.3 Å². The second kappa shape index (κ2) is 9.56. The van der Waals surface area contributed by atoms with Gasteiger partial charge in [0, 0.05) is 18.7 Å². The Morgan fingerprint density at radius 2 is 2.00 bits per heavy atom. The van der Waals surface area contributed by atoms with E-state index >= 15 is 0 Å². The fourth-order valence-electron chi connectivity index (χ4n) is 1.96. The van der Waals surface area contributed by atoms with Crippen molar-refractivity contribution in [1.82, 2.24) is 5.32 Å². The molecule has 0 fully saturated rings. The topological polar surface area (TPSA) is 41.1 Å². The summed E-state index contributed by atoms with van der Waals surface area (Å²) in [6, 6.07) is 8.03. The SMILES string of the molecule is CCCCCCC(=O)Nc1cccc(CNCC)c1. The van der Waals surface area contributed by atoms with Crippen LogP contribution < -0.4 is 10.6 Å². The minimum atomic E-state index is 0.122. The molecule has 0 aliphatic carbocycles. The molecule has 0 spiro atoms. The zero-order chi connectivity index (χ0) is 13.9. The van der Waals surface area contributed by atoms with Crippen molar-refractivity contribution in [2.45, 2.75) is 52.5 Å². The summed E-state index contributed by atoms with van der Waals surface area (Å²) < 4.78 is 0. The van der Waals surface area contributed by atoms with Crippen molar-refractivity contribution >= 4 is 11.6 Å². The van der Waals surface area contributed by atoms with Crippen LogP contribution in [0.3, 0.4) is 0 Å². The molecular formula is C16H26N2O. The standard InChI is InChI=1S/C16H26N2O/c1-3-5-6-7-11-16(19)18-15-10-8-9-14(12-15)13-17-4-2/h8-10,12,17H,3-7,11,13H2,1-2H3,(H,18,19). The maximum atomic E-state index is 11.8. The Balaban J connectivity index is 2.36. The van der Waals surface area contributed by atoms with Crippen LogP contribution in [0.5, 0.6) is 0 Å². The highest BCUT2D eigenvalue weighted by Crippen LogP contribution is 2.12. The molecule has 19 heavy (non-hydrogen) atoms. The van der Waals surface area contributed by atoms with Gasteiger partial charge in [-0.2, -0.15) is 0 Å². The fraction of sp³-hybridized carbons (Fsp3) is 0.562. The van der Waals surface area contributed by atoms with E-state index in [1.807, 2.05) is 18.2 Å². The van der Waals surface area contributed by atoms with E-state index in [1.54, 1.807) is 0 Å². The van der Waals surface area contributed by atoms with Crippen molar-refractivity contribution in [2.24, 2.45) is 0 Å². The lowest BCUT2D eigenvalue weighted by Gasteiger charge is -2.08. The van der Waals surface area contributed by atoms with Crippen molar-refractivity contribution in [1.29, 1.82) is 0 Å². The van der Waals surface area contributed by atoms with E-state index in [4.69, 9.17) is 0 Å². The first-order valence-corrected chi connectivity index (χ1v) is 7.35. The highest BCUT2D eigenvalue weighted by Gasteiger charge is 2.02. The Kier molecular flexibility index (Phi) is 7.91. The number of benzene rings is 1. The van der Waals surface area contributed by atoms with Crippen molar-refractivity contribution < 1.29 is 4.79 Å². The summed E-state index contributed by atoms with van der Waals surface area (Å²) in [5, 5.41) is 6.25. The van der Waals surface area contributed by atoms with E-state index in [0.29, 0.717) is 6.42 Å². The summed E-state index contributed by atoms with van der Waals surface area (Å²) in [7, 11) is 0. The summed E-state index contributed by atoms with van der Waals surface area (Å²) >= 11 is 0. The number of carbonyl (C=O) groups excluding carboxylic acids is 1. The van der Waals surface area contributed by atoms with Gasteiger partial charge in [0.2, 0.25) is 5.91 Å². The molecule has 1 rings (SSSR count). The third kappa shape index (κ3) is 6.97. The zero-order valence-corrected chi connectivity index (χ0v) is 12.2. The molecule has 0 atom stereocenters. The van der Waals surface area contributed by atoms with Crippen LogP contribution in [0.15, 0.2) is 24.3 Å². The van der Waals surface area contributed by atoms with Gasteiger partial charge in [-0.05, 0) is 30.7 Å². The Morgan fingerprint density at radius 1 is 1.16 bits per heavy atom. The lowest BCUT2D eigenvalue weighted by atomic mass is 10.1. The van der Waals surface area contributed by atoms with Gasteiger partial charge in [0.15, 0.2) is 0 Å². The van der Waals surface area contributed by atoms with Gasteiger partial charge in [-0.15, -0.1) is 0 Å². The van der Waals surface area contributed by atoms with E-state index in [2.05, 4.69) is 30.5 Å². The van der Waals surface area contributed by atoms with Crippen LogP contribution >= 0.6 is 0 Å². The minimum Gasteiger partial charge on any atom is -0.326 e. The lowest BCUT2D eigenvalue weighted by Crippen LogP contribution is -2.13. The lowest BCUT2D eigenvalue weighted by molar-refractivity contribution is -0.116. The van der Waals surface area contributed by atoms with Crippen molar-refractivity contribution in [3.63, 3.8) is 0 Å². The van der Waals surface area contributed by atoms with E-state index < -0.39 is 0 Å². The minimum absolute atomic E-state index is 0.122. The molecule has 0 aliphatic rings. The first-order valence-electron chi connectivity index (χ1n) is 7.35. The highest BCUT2D eigenvalue weighted by molar-refractivity contribution is 5.90. The van der Waals surface area contributed by atoms with Gasteiger partial charge < -0.3 is 10.6 Å². The molecule has 1 aromatic carbocycles. The molecule has 1 aromatic rings. The maximum Gasteiger partial charge on any atom is 0.224 e. The van der Waals surface area contributed by atoms with Crippen molar-refractivity contribution in [3.05, 3.63) is 29.8 Å². The van der Waals surface area contributed by atoms with Gasteiger partial charge in [-0.3, -0.25) is 4.79 Å². The van der Waals surface area contributed by atoms with Gasteiger partial charge in [0.1, 0.15) is 0 Å². The van der Waals surface area contributed by atoms with E-state index in [0.717, 1.165) is 31.6 Å². The Morgan fingerprint density at radius 3 is 2.74 bits per heavy atom. The predicted octanol–water partition coefficient (Wildman–Crippen LogP) is 3.71. The third-order valence-electron chi connectivity index (χ3n) is 3.05. The monoisotopic (exact) mass is 262 g/mol. The number of nitrogens with one attached hydrogen (secondary N) is 2. The first-order chi connectivity index (χ1) is 9.26. The van der Waals surface area contributed by atoms with Crippen molar-refractivity contribution in [3.8, 4) is 0 Å². The number of rotatable bonds is 9. The van der Waals surface area contributed by atoms with Crippen LogP contribution in [0.2, 0.25) is 0 Å². The summed E-state index contributed by atoms with van der Waals surface area (Å²) in [6.45, 7) is 6.06. The molecule has 0 heterocycles. The fourth-order valence-corrected chi connectivity index (χ4v) is 1.96. The number of anilines is 1. The maximum absolute atomic E-state index is 11.8. The average molecular weight is 262 g/mol. The van der Waals surface area contributed by atoms with Crippen molar-refractivity contribution in [2.75, 3.05) is 11.9 Å². The zero-order valence-electron chi connectivity index (χ0n) is 12.2. The quantitative estimate of drug-likeness (QED) is 0.666. The summed E-state index contributed by atoms with van der Waals surface area (Å²) in [5.74, 6) is 0.122. The smallest absolute Gasteiger partial charge is 0.224 e. The number of hydrogen-bond donors (Lipinski definition) is 2. The van der Waals surface area contributed by atoms with Gasteiger partial charge in [0.25, 0.3) is 0 Å². The average Bonchev–Trinajstić information content (AvgIpc) is 2.42. The number of amides is 1. The van der Waals surface area contributed by atoms with Crippen LogP contribution in [0.25, 0.3) is 0 Å². The van der Waals surface area contributed by atoms with Crippen LogP contribution in [0.4, 0.5) is 5.69 Å². The molecule has 2 N–H and O–H groups in total. The van der Waals surface area contributed by atoms with Gasteiger partial charge in [0.05, 0.1) is 0 Å². The van der Waals surface area contributed by atoms with E-state index in [9.17, 15) is 4.79 Å². The Labute approximate surface area is 116 Å². The molecule has 0 unspecified atom stereocenters. The Hall–Kier alpha value is -1.35. The van der Waals surface area contributed by atoms with Gasteiger partial charge >= 0.3 is 0 Å². The normalized spacial score (nSPS) is 10.4. The summed E-state index contributed by atoms with van der Waals surface area (Å²) in [4.78, 5) is 11.8. The van der Waals surface area contributed by atoms with Crippen LogP contribution in [0.1, 0.15) is 51.5 Å². The molecule has 0 saturated heterocycles. The molecule has 0 radical (unpaired) electrons. The first kappa shape index (κ1) is 15.7. The third-order valence-corrected chi connectivity index (χ3v) is 3.05. The van der Waals surface area contributed by atoms with Crippen LogP contribution in [-0.4, -0.2) is 12.5 Å². The molecule has 1 amide bonds. The van der Waals surface area contributed by atoms with E-state index in [1.165, 1.54) is 18.4 Å². The largest absolute Gasteiger partial charge is 0.326 e. The molecule has 0 bridgehead atoms. The number of unbranched alkanes of at least 4 members (excludes halogenated alkanes) is 3. The Bertz CT molecular complexity index is 377. The highest BCUT2D eigenvalue weighted by atomic mass is 16.1. The van der Waals surface area contributed by atoms with E-state index in [-0.39, 0.29) is 5.91 Å². The van der Waals surface area contributed by atoms with Crippen LogP contribution in [0, 0.1) is 0 Å². The number of hydrogen-bond acceptors (Lipinski definition) is 2. The molecule has 0 aromatic heterocycles. The molecular weight excluding hydrogens is 236 g/mol. The molecule has 106 valence electrons. The number of carbonyl (C=O) groups is 1. The molecule has 0 saturated carbocycles. The van der Waals surface area contributed by atoms with Gasteiger partial charge in [-0.25, -0.2) is 0 Å². The summed E-state index contributed by atoms with van der Waals surface area (Å²) in [5.41, 5.74) is 2.10. The predicted molar refractivity (Wildman–Crippen MR) is 81.2 cm³/mol.